The Bertz CT molecular complexity index is 1890. The summed E-state index contributed by atoms with van der Waals surface area (Å²) in [7, 11) is 4.20. The average Bonchev–Trinajstić information content (AvgIpc) is 3.73. The quantitative estimate of drug-likeness (QED) is 0.258. The van der Waals surface area contributed by atoms with Gasteiger partial charge in [0.15, 0.2) is 5.78 Å². The molecule has 2 aliphatic heterocycles. The second-order valence-electron chi connectivity index (χ2n) is 13.0. The number of allylic oxidation sites excluding steroid dienone is 9. The lowest BCUT2D eigenvalue weighted by atomic mass is 10.0. The summed E-state index contributed by atoms with van der Waals surface area (Å²) in [6, 6.07) is 16.8. The Morgan fingerprint density at radius 3 is 1.58 bits per heavy atom. The van der Waals surface area contributed by atoms with Crippen LogP contribution in [0.25, 0.3) is 16.7 Å². The number of ketones is 1. The van der Waals surface area contributed by atoms with Crippen LogP contribution in [0.1, 0.15) is 71.8 Å². The zero-order chi connectivity index (χ0) is 34.4. The van der Waals surface area contributed by atoms with E-state index in [0.29, 0.717) is 5.57 Å². The van der Waals surface area contributed by atoms with E-state index < -0.39 is 0 Å². The molecule has 0 aromatic heterocycles. The summed E-state index contributed by atoms with van der Waals surface area (Å²) >= 11 is 3.53. The number of thioether (sulfide) groups is 2. The Morgan fingerprint density at radius 2 is 1.08 bits per heavy atom. The van der Waals surface area contributed by atoms with Gasteiger partial charge >= 0.3 is 0 Å². The van der Waals surface area contributed by atoms with Crippen LogP contribution in [0.2, 0.25) is 0 Å². The van der Waals surface area contributed by atoms with E-state index in [1.807, 2.05) is 31.2 Å². The summed E-state index contributed by atoms with van der Waals surface area (Å²) in [5.41, 5.74) is 13.3. The van der Waals surface area contributed by atoms with Gasteiger partial charge in [-0.2, -0.15) is 0 Å². The lowest BCUT2D eigenvalue weighted by Gasteiger charge is -2.15. The molecule has 7 rings (SSSR count). The van der Waals surface area contributed by atoms with Gasteiger partial charge in [0.05, 0.1) is 31.2 Å². The lowest BCUT2D eigenvalue weighted by Crippen LogP contribution is -2.11. The zero-order valence-corrected chi connectivity index (χ0v) is 30.8. The molecule has 0 unspecified atom stereocenters. The Labute approximate surface area is 295 Å². The maximum absolute atomic E-state index is 13.1. The Kier molecular flexibility index (Phi) is 9.39. The molecule has 48 heavy (non-hydrogen) atoms. The van der Waals surface area contributed by atoms with E-state index >= 15 is 0 Å². The number of carbonyl (C=O) groups excluding carboxylic acids is 1. The van der Waals surface area contributed by atoms with Crippen molar-refractivity contribution in [1.29, 1.82) is 0 Å². The molecular weight excluding hydrogens is 625 g/mol. The van der Waals surface area contributed by atoms with E-state index in [1.165, 1.54) is 50.7 Å². The van der Waals surface area contributed by atoms with Crippen molar-refractivity contribution in [3.63, 3.8) is 0 Å². The Balaban J connectivity index is 0.000000615. The Hall–Kier alpha value is -4.19. The van der Waals surface area contributed by atoms with Crippen LogP contribution in [0.15, 0.2) is 124 Å². The summed E-state index contributed by atoms with van der Waals surface area (Å²) in [5.74, 6) is 0.979. The third-order valence-electron chi connectivity index (χ3n) is 9.84. The largest absolute Gasteiger partial charge is 0.338 e. The number of carbonyl (C=O) groups is 1. The molecule has 2 heterocycles. The molecule has 0 spiro atoms. The maximum atomic E-state index is 13.1. The van der Waals surface area contributed by atoms with Gasteiger partial charge in [0.25, 0.3) is 0 Å². The molecule has 4 aliphatic rings. The molecule has 2 aliphatic carbocycles. The topological polar surface area (TPSA) is 23.6 Å². The van der Waals surface area contributed by atoms with Crippen molar-refractivity contribution in [2.24, 2.45) is 5.92 Å². The fourth-order valence-corrected chi connectivity index (χ4v) is 8.72. The first kappa shape index (κ1) is 33.7. The van der Waals surface area contributed by atoms with E-state index in [1.54, 1.807) is 23.5 Å². The van der Waals surface area contributed by atoms with Gasteiger partial charge in [0.2, 0.25) is 0 Å². The van der Waals surface area contributed by atoms with E-state index in [4.69, 9.17) is 0 Å². The van der Waals surface area contributed by atoms with Crippen LogP contribution < -0.4 is 9.80 Å². The molecule has 3 nitrogen and oxygen atoms in total. The molecule has 0 N–H and O–H groups in total. The van der Waals surface area contributed by atoms with Crippen molar-refractivity contribution in [3.8, 4) is 0 Å². The monoisotopic (exact) mass is 668 g/mol. The predicted molar refractivity (Wildman–Crippen MR) is 211 cm³/mol. The highest BCUT2D eigenvalue weighted by Gasteiger charge is 2.33. The Morgan fingerprint density at radius 1 is 0.646 bits per heavy atom. The zero-order valence-electron chi connectivity index (χ0n) is 29.2. The molecular formula is C43H44N2OS2. The molecule has 0 amide bonds. The normalized spacial score (nSPS) is 19.6. The van der Waals surface area contributed by atoms with Crippen LogP contribution in [0.5, 0.6) is 0 Å². The fraction of sp³-hybridized carbons (Fsp3) is 0.233. The first-order valence-electron chi connectivity index (χ1n) is 16.6. The summed E-state index contributed by atoms with van der Waals surface area (Å²) in [6.07, 6.45) is 11.0. The first-order chi connectivity index (χ1) is 22.9. The van der Waals surface area contributed by atoms with Crippen molar-refractivity contribution < 1.29 is 4.79 Å². The number of fused-ring (bicyclic) bond motifs is 5. The van der Waals surface area contributed by atoms with Crippen molar-refractivity contribution in [3.05, 3.63) is 147 Å². The number of rotatable bonds is 4. The van der Waals surface area contributed by atoms with Crippen LogP contribution in [0, 0.1) is 19.8 Å². The highest BCUT2D eigenvalue weighted by atomic mass is 32.2. The molecule has 3 aromatic carbocycles. The van der Waals surface area contributed by atoms with E-state index in [-0.39, 0.29) is 5.78 Å². The first-order valence-corrected chi connectivity index (χ1v) is 18.3. The second-order valence-corrected chi connectivity index (χ2v) is 15.1. The van der Waals surface area contributed by atoms with Crippen molar-refractivity contribution in [2.45, 2.75) is 57.3 Å². The maximum Gasteiger partial charge on any atom is 0.194 e. The molecule has 3 aromatic rings. The van der Waals surface area contributed by atoms with Gasteiger partial charge in [0.1, 0.15) is 0 Å². The van der Waals surface area contributed by atoms with E-state index in [2.05, 4.69) is 120 Å². The predicted octanol–water partition coefficient (Wildman–Crippen LogP) is 12.0. The molecule has 244 valence electrons. The van der Waals surface area contributed by atoms with Crippen LogP contribution in [0.4, 0.5) is 11.4 Å². The molecule has 0 radical (unpaired) electrons. The molecule has 0 fully saturated rings. The fourth-order valence-electron chi connectivity index (χ4n) is 6.29. The van der Waals surface area contributed by atoms with Gasteiger partial charge in [0, 0.05) is 25.2 Å². The van der Waals surface area contributed by atoms with Crippen molar-refractivity contribution >= 4 is 57.4 Å². The van der Waals surface area contributed by atoms with E-state index in [9.17, 15) is 4.79 Å². The van der Waals surface area contributed by atoms with Crippen molar-refractivity contribution in [1.82, 2.24) is 0 Å². The van der Waals surface area contributed by atoms with Gasteiger partial charge in [-0.25, -0.2) is 0 Å². The third kappa shape index (κ3) is 5.88. The summed E-state index contributed by atoms with van der Waals surface area (Å²) < 4.78 is 0. The van der Waals surface area contributed by atoms with Crippen LogP contribution in [-0.2, 0) is 0 Å². The highest BCUT2D eigenvalue weighted by Crippen LogP contribution is 2.57. The van der Waals surface area contributed by atoms with Gasteiger partial charge in [-0.1, -0.05) is 130 Å². The van der Waals surface area contributed by atoms with Gasteiger partial charge in [-0.05, 0) is 89.1 Å². The number of hydrogen-bond donors (Lipinski definition) is 0. The standard InChI is InChI=1S/C37H30N2OS2.C6H14/c1-20-8-10-26-22(3)25(23(4)29(26)18-20)12-16-33-38(6)31-14-15-32-37(36(31)41-33)42-34(39(32)7)17-13-27-24(5)30-19-21(2)9-11-28(30)35(27)40;1-4-6(3)5-2/h8-19H,3-5H2,1-2,6-7H3;6H,4-5H2,1-3H3/b25-12-,27-13+,33-16-,34-17-;. The number of hydrogen-bond acceptors (Lipinski definition) is 5. The van der Waals surface area contributed by atoms with Gasteiger partial charge < -0.3 is 9.80 Å². The lowest BCUT2D eigenvalue weighted by molar-refractivity contribution is 0.104. The number of Topliss-reactive ketones (excluding diaryl/α,β-unsaturated/α-hetero) is 1. The molecule has 0 saturated heterocycles. The summed E-state index contributed by atoms with van der Waals surface area (Å²) in [4.78, 5) is 20.1. The molecule has 0 saturated carbocycles. The minimum absolute atomic E-state index is 0.0443. The average molecular weight is 669 g/mol. The highest BCUT2D eigenvalue weighted by molar-refractivity contribution is 8.06. The number of nitrogens with zero attached hydrogens (tertiary/aromatic N) is 2. The van der Waals surface area contributed by atoms with Crippen molar-refractivity contribution in [2.75, 3.05) is 23.9 Å². The molecule has 0 bridgehead atoms. The summed E-state index contributed by atoms with van der Waals surface area (Å²) in [6.45, 7) is 23.9. The minimum Gasteiger partial charge on any atom is -0.338 e. The van der Waals surface area contributed by atoms with Crippen LogP contribution >= 0.6 is 23.5 Å². The molecule has 0 atom stereocenters. The minimum atomic E-state index is 0.0443. The van der Waals surface area contributed by atoms with Crippen LogP contribution in [0.3, 0.4) is 0 Å². The third-order valence-corrected chi connectivity index (χ3v) is 12.4. The number of benzene rings is 3. The van der Waals surface area contributed by atoms with Gasteiger partial charge in [-0.3, -0.25) is 4.79 Å². The van der Waals surface area contributed by atoms with Gasteiger partial charge in [-0.15, -0.1) is 0 Å². The number of anilines is 2. The smallest absolute Gasteiger partial charge is 0.194 e. The van der Waals surface area contributed by atoms with Crippen LogP contribution in [-0.4, -0.2) is 19.9 Å². The number of aryl methyl sites for hydroxylation is 2. The molecule has 5 heteroatoms. The second kappa shape index (κ2) is 13.4. The van der Waals surface area contributed by atoms with E-state index in [0.717, 1.165) is 55.0 Å². The summed E-state index contributed by atoms with van der Waals surface area (Å²) in [5, 5.41) is 2.23. The SMILES string of the molecule is C=C1/C(=C/C=C2\Sc3c(ccc4c3S/C(=C\C=C3/C(=C)c5cc(C)ccc5C3=O)N4C)N2C)C(=C)c2cc(C)ccc21.CCC(C)CC.